The molecule has 6 nitrogen and oxygen atoms in total. The van der Waals surface area contributed by atoms with E-state index >= 15 is 0 Å². The third kappa shape index (κ3) is 2.02. The van der Waals surface area contributed by atoms with Crippen LogP contribution in [0.25, 0.3) is 0 Å². The lowest BCUT2D eigenvalue weighted by Gasteiger charge is -2.20. The van der Waals surface area contributed by atoms with E-state index in [4.69, 9.17) is 4.74 Å². The third-order valence-electron chi connectivity index (χ3n) is 5.13. The minimum Gasteiger partial charge on any atom is -0.465 e. The highest BCUT2D eigenvalue weighted by molar-refractivity contribution is 6.19. The number of benzene rings is 1. The Morgan fingerprint density at radius 2 is 2.04 bits per heavy atom. The molecule has 1 amide bonds. The van der Waals surface area contributed by atoms with Crippen LogP contribution in [-0.2, 0) is 19.7 Å². The first-order valence-electron chi connectivity index (χ1n) is 8.43. The maximum Gasteiger partial charge on any atom is 0.326 e. The normalized spacial score (nSPS) is 26.8. The number of rotatable bonds is 3. The molecule has 1 aromatic carbocycles. The molecule has 2 heterocycles. The van der Waals surface area contributed by atoms with Crippen LogP contribution in [0, 0.1) is 0 Å². The van der Waals surface area contributed by atoms with Gasteiger partial charge in [0.05, 0.1) is 18.0 Å². The number of fused-ring (bicyclic) bond motifs is 2. The summed E-state index contributed by atoms with van der Waals surface area (Å²) >= 11 is 0. The van der Waals surface area contributed by atoms with E-state index in [0.717, 1.165) is 24.2 Å². The van der Waals surface area contributed by atoms with Gasteiger partial charge in [-0.25, -0.2) is 0 Å². The zero-order valence-electron chi connectivity index (χ0n) is 13.9. The Labute approximate surface area is 140 Å². The number of anilines is 3. The predicted octanol–water partition coefficient (Wildman–Crippen LogP) is 2.73. The Kier molecular flexibility index (Phi) is 3.30. The van der Waals surface area contributed by atoms with Gasteiger partial charge in [-0.3, -0.25) is 9.59 Å². The molecule has 0 saturated carbocycles. The SMILES string of the molecule is CCOC(=O)C1(C)C(=O)Nc2cc3c(cc21)NC(C1=CCCC1)N3. The van der Waals surface area contributed by atoms with Crippen LogP contribution in [0.3, 0.4) is 0 Å². The molecule has 0 saturated heterocycles. The number of hydrogen-bond donors (Lipinski definition) is 3. The maximum absolute atomic E-state index is 12.4. The molecule has 126 valence electrons. The zero-order valence-corrected chi connectivity index (χ0v) is 13.9. The average molecular weight is 327 g/mol. The molecule has 0 bridgehead atoms. The fraction of sp³-hybridized carbons (Fsp3) is 0.444. The van der Waals surface area contributed by atoms with Gasteiger partial charge in [0.25, 0.3) is 0 Å². The smallest absolute Gasteiger partial charge is 0.326 e. The van der Waals surface area contributed by atoms with Crippen molar-refractivity contribution >= 4 is 28.9 Å². The summed E-state index contributed by atoms with van der Waals surface area (Å²) in [6.45, 7) is 3.61. The molecule has 0 fully saturated rings. The predicted molar refractivity (Wildman–Crippen MR) is 92.0 cm³/mol. The van der Waals surface area contributed by atoms with E-state index in [1.165, 1.54) is 12.0 Å². The zero-order chi connectivity index (χ0) is 16.9. The first-order chi connectivity index (χ1) is 11.5. The highest BCUT2D eigenvalue weighted by atomic mass is 16.5. The van der Waals surface area contributed by atoms with Gasteiger partial charge in [-0.1, -0.05) is 6.08 Å². The van der Waals surface area contributed by atoms with Gasteiger partial charge in [0.1, 0.15) is 6.17 Å². The van der Waals surface area contributed by atoms with Gasteiger partial charge in [0, 0.05) is 11.3 Å². The van der Waals surface area contributed by atoms with Gasteiger partial charge in [-0.05, 0) is 50.8 Å². The quantitative estimate of drug-likeness (QED) is 0.452. The van der Waals surface area contributed by atoms with Gasteiger partial charge in [-0.15, -0.1) is 0 Å². The third-order valence-corrected chi connectivity index (χ3v) is 5.13. The highest BCUT2D eigenvalue weighted by Crippen LogP contribution is 2.45. The van der Waals surface area contributed by atoms with Gasteiger partial charge >= 0.3 is 5.97 Å². The Morgan fingerprint density at radius 3 is 2.71 bits per heavy atom. The van der Waals surface area contributed by atoms with Crippen molar-refractivity contribution in [2.24, 2.45) is 0 Å². The minimum absolute atomic E-state index is 0.0922. The lowest BCUT2D eigenvalue weighted by atomic mass is 9.83. The average Bonchev–Trinajstić information content (AvgIpc) is 3.25. The van der Waals surface area contributed by atoms with Gasteiger partial charge in [-0.2, -0.15) is 0 Å². The molecular formula is C18H21N3O3. The molecule has 1 aromatic rings. The van der Waals surface area contributed by atoms with Gasteiger partial charge in [0.2, 0.25) is 5.91 Å². The van der Waals surface area contributed by atoms with Crippen LogP contribution >= 0.6 is 0 Å². The molecule has 0 spiro atoms. The highest BCUT2D eigenvalue weighted by Gasteiger charge is 2.51. The summed E-state index contributed by atoms with van der Waals surface area (Å²) in [6.07, 6.45) is 5.78. The van der Waals surface area contributed by atoms with Crippen molar-refractivity contribution in [2.75, 3.05) is 22.6 Å². The molecule has 24 heavy (non-hydrogen) atoms. The van der Waals surface area contributed by atoms with Crippen molar-refractivity contribution in [3.05, 3.63) is 29.3 Å². The largest absolute Gasteiger partial charge is 0.465 e. The van der Waals surface area contributed by atoms with Gasteiger partial charge < -0.3 is 20.7 Å². The van der Waals surface area contributed by atoms with E-state index in [-0.39, 0.29) is 18.7 Å². The monoisotopic (exact) mass is 327 g/mol. The number of esters is 1. The Morgan fingerprint density at radius 1 is 1.29 bits per heavy atom. The van der Waals surface area contributed by atoms with Crippen molar-refractivity contribution in [2.45, 2.75) is 44.7 Å². The van der Waals surface area contributed by atoms with Crippen molar-refractivity contribution in [3.8, 4) is 0 Å². The summed E-state index contributed by atoms with van der Waals surface area (Å²) in [6, 6.07) is 3.79. The molecule has 2 aliphatic heterocycles. The topological polar surface area (TPSA) is 79.5 Å². The van der Waals surface area contributed by atoms with Crippen LogP contribution in [0.2, 0.25) is 0 Å². The molecule has 2 unspecified atom stereocenters. The van der Waals surface area contributed by atoms with Crippen molar-refractivity contribution in [1.82, 2.24) is 0 Å². The Bertz CT molecular complexity index is 771. The van der Waals surface area contributed by atoms with Crippen LogP contribution in [0.4, 0.5) is 17.1 Å². The molecular weight excluding hydrogens is 306 g/mol. The van der Waals surface area contributed by atoms with E-state index in [9.17, 15) is 9.59 Å². The van der Waals surface area contributed by atoms with E-state index < -0.39 is 11.4 Å². The van der Waals surface area contributed by atoms with Crippen LogP contribution in [0.1, 0.15) is 38.7 Å². The standard InChI is InChI=1S/C18H21N3O3/c1-3-24-17(23)18(2)11-8-13-14(9-12(11)21-16(18)22)20-15(19-13)10-6-4-5-7-10/h6,8-9,15,19-20H,3-5,7H2,1-2H3,(H,21,22). The number of carbonyl (C=O) groups excluding carboxylic acids is 2. The number of nitrogens with one attached hydrogen (secondary N) is 3. The van der Waals surface area contributed by atoms with Crippen LogP contribution < -0.4 is 16.0 Å². The van der Waals surface area contributed by atoms with Crippen molar-refractivity contribution in [1.29, 1.82) is 0 Å². The Balaban J connectivity index is 1.69. The fourth-order valence-electron chi connectivity index (χ4n) is 3.69. The molecule has 3 N–H and O–H groups in total. The van der Waals surface area contributed by atoms with Crippen LogP contribution in [0.15, 0.2) is 23.8 Å². The van der Waals surface area contributed by atoms with Crippen LogP contribution in [0.5, 0.6) is 0 Å². The van der Waals surface area contributed by atoms with Crippen LogP contribution in [-0.4, -0.2) is 24.6 Å². The number of hydrogen-bond acceptors (Lipinski definition) is 5. The van der Waals surface area contributed by atoms with Crippen molar-refractivity contribution < 1.29 is 14.3 Å². The molecule has 0 radical (unpaired) electrons. The Hall–Kier alpha value is -2.50. The summed E-state index contributed by atoms with van der Waals surface area (Å²) in [4.78, 5) is 24.8. The number of carbonyl (C=O) groups is 2. The summed E-state index contributed by atoms with van der Waals surface area (Å²) < 4.78 is 5.13. The molecule has 0 aromatic heterocycles. The summed E-state index contributed by atoms with van der Waals surface area (Å²) in [5, 5.41) is 9.73. The number of ether oxygens (including phenoxy) is 1. The summed E-state index contributed by atoms with van der Waals surface area (Å²) in [7, 11) is 0. The molecule has 4 rings (SSSR count). The molecule has 6 heteroatoms. The second-order valence-corrected chi connectivity index (χ2v) is 6.64. The first kappa shape index (κ1) is 15.1. The summed E-state index contributed by atoms with van der Waals surface area (Å²) in [5.74, 6) is -0.850. The fourth-order valence-corrected chi connectivity index (χ4v) is 3.69. The second-order valence-electron chi connectivity index (χ2n) is 6.64. The van der Waals surface area contributed by atoms with E-state index in [0.29, 0.717) is 11.3 Å². The lowest BCUT2D eigenvalue weighted by molar-refractivity contribution is -0.152. The molecule has 1 aliphatic carbocycles. The first-order valence-corrected chi connectivity index (χ1v) is 8.43. The van der Waals surface area contributed by atoms with Gasteiger partial charge in [0.15, 0.2) is 5.41 Å². The number of amides is 1. The minimum atomic E-state index is -1.30. The summed E-state index contributed by atoms with van der Waals surface area (Å²) in [5.41, 5.74) is 3.26. The lowest BCUT2D eigenvalue weighted by Crippen LogP contribution is -2.40. The van der Waals surface area contributed by atoms with E-state index in [2.05, 4.69) is 22.0 Å². The van der Waals surface area contributed by atoms with Crippen molar-refractivity contribution in [3.63, 3.8) is 0 Å². The molecule has 3 aliphatic rings. The maximum atomic E-state index is 12.4. The molecule has 2 atom stereocenters. The van der Waals surface area contributed by atoms with E-state index in [1.54, 1.807) is 13.8 Å². The second kappa shape index (κ2) is 5.26. The van der Waals surface area contributed by atoms with E-state index in [1.807, 2.05) is 12.1 Å². The number of allylic oxidation sites excluding steroid dienone is 1.